The molecule has 6 heteroatoms. The van der Waals surface area contributed by atoms with E-state index >= 15 is 0 Å². The largest absolute Gasteiger partial charge is 0.494 e. The molecule has 0 unspecified atom stereocenters. The minimum atomic E-state index is 0.565. The molecule has 0 spiro atoms. The van der Waals surface area contributed by atoms with Gasteiger partial charge in [-0.25, -0.2) is 0 Å². The molecule has 1 fully saturated rings. The number of aromatic nitrogens is 2. The number of hydrogen-bond donors (Lipinski definition) is 0. The van der Waals surface area contributed by atoms with Crippen molar-refractivity contribution in [2.75, 3.05) is 32.0 Å². The van der Waals surface area contributed by atoms with Crippen LogP contribution in [-0.4, -0.2) is 47.1 Å². The van der Waals surface area contributed by atoms with Gasteiger partial charge in [0.15, 0.2) is 0 Å². The van der Waals surface area contributed by atoms with Gasteiger partial charge in [-0.05, 0) is 74.4 Å². The molecule has 0 aliphatic carbocycles. The Labute approximate surface area is 189 Å². The summed E-state index contributed by atoms with van der Waals surface area (Å²) in [6.07, 6.45) is 6.18. The van der Waals surface area contributed by atoms with E-state index in [0.717, 1.165) is 48.8 Å². The van der Waals surface area contributed by atoms with Crippen molar-refractivity contribution < 1.29 is 9.15 Å². The number of nitrogens with zero attached hydrogens (tertiary/aromatic N) is 3. The first-order chi connectivity index (χ1) is 15.4. The second-order valence-electron chi connectivity index (χ2n) is 7.92. The number of benzene rings is 2. The second kappa shape index (κ2) is 11.9. The molecule has 0 bridgehead atoms. The molecule has 1 aliphatic heterocycles. The SMILES string of the molecule is c1ccc(CCSCc2nnc(-c3ccc(OCCCN4CCCCC4)cc3)o2)cc1. The van der Waals surface area contributed by atoms with Gasteiger partial charge < -0.3 is 14.1 Å². The molecule has 5 nitrogen and oxygen atoms in total. The number of piperidine rings is 1. The van der Waals surface area contributed by atoms with Gasteiger partial charge in [-0.2, -0.15) is 11.8 Å². The van der Waals surface area contributed by atoms with E-state index in [0.29, 0.717) is 11.8 Å². The van der Waals surface area contributed by atoms with Gasteiger partial charge in [0.05, 0.1) is 12.4 Å². The van der Waals surface area contributed by atoms with Crippen LogP contribution in [0.3, 0.4) is 0 Å². The average molecular weight is 438 g/mol. The highest BCUT2D eigenvalue weighted by atomic mass is 32.2. The molecule has 164 valence electrons. The summed E-state index contributed by atoms with van der Waals surface area (Å²) in [7, 11) is 0. The lowest BCUT2D eigenvalue weighted by molar-refractivity contribution is 0.205. The van der Waals surface area contributed by atoms with Crippen LogP contribution >= 0.6 is 11.8 Å². The summed E-state index contributed by atoms with van der Waals surface area (Å²) in [5.74, 6) is 3.89. The minimum Gasteiger partial charge on any atom is -0.494 e. The van der Waals surface area contributed by atoms with Crippen LogP contribution < -0.4 is 4.74 Å². The quantitative estimate of drug-likeness (QED) is 0.371. The normalized spacial score (nSPS) is 14.6. The highest BCUT2D eigenvalue weighted by molar-refractivity contribution is 7.98. The molecule has 1 saturated heterocycles. The zero-order valence-electron chi connectivity index (χ0n) is 18.0. The summed E-state index contributed by atoms with van der Waals surface area (Å²) >= 11 is 1.81. The lowest BCUT2D eigenvalue weighted by Crippen LogP contribution is -2.31. The molecule has 2 heterocycles. The van der Waals surface area contributed by atoms with Crippen LogP contribution in [0.25, 0.3) is 11.5 Å². The number of ether oxygens (including phenoxy) is 1. The topological polar surface area (TPSA) is 51.4 Å². The highest BCUT2D eigenvalue weighted by Crippen LogP contribution is 2.23. The Bertz CT molecular complexity index is 893. The molecule has 4 rings (SSSR count). The van der Waals surface area contributed by atoms with Gasteiger partial charge in [-0.1, -0.05) is 36.8 Å². The lowest BCUT2D eigenvalue weighted by Gasteiger charge is -2.26. The molecule has 1 aromatic heterocycles. The van der Waals surface area contributed by atoms with Gasteiger partial charge in [-0.15, -0.1) is 10.2 Å². The monoisotopic (exact) mass is 437 g/mol. The van der Waals surface area contributed by atoms with E-state index in [1.807, 2.05) is 42.1 Å². The zero-order valence-corrected chi connectivity index (χ0v) is 18.9. The van der Waals surface area contributed by atoms with Gasteiger partial charge in [0.2, 0.25) is 11.8 Å². The predicted octanol–water partition coefficient (Wildman–Crippen LogP) is 5.47. The summed E-state index contributed by atoms with van der Waals surface area (Å²) < 4.78 is 11.7. The number of aryl methyl sites for hydroxylation is 1. The predicted molar refractivity (Wildman–Crippen MR) is 126 cm³/mol. The summed E-state index contributed by atoms with van der Waals surface area (Å²) in [4.78, 5) is 2.54. The third kappa shape index (κ3) is 7.11. The summed E-state index contributed by atoms with van der Waals surface area (Å²) in [6.45, 7) is 4.37. The van der Waals surface area contributed by atoms with E-state index in [4.69, 9.17) is 9.15 Å². The lowest BCUT2D eigenvalue weighted by atomic mass is 10.1. The molecular weight excluding hydrogens is 406 g/mol. The summed E-state index contributed by atoms with van der Waals surface area (Å²) in [6, 6.07) is 18.5. The first kappa shape index (κ1) is 21.9. The van der Waals surface area contributed by atoms with Gasteiger partial charge in [0.1, 0.15) is 5.75 Å². The van der Waals surface area contributed by atoms with Crippen molar-refractivity contribution in [1.82, 2.24) is 15.1 Å². The van der Waals surface area contributed by atoms with Crippen LogP contribution in [0, 0.1) is 0 Å². The Balaban J connectivity index is 1.17. The number of likely N-dealkylation sites (tertiary alicyclic amines) is 1. The van der Waals surface area contributed by atoms with Crippen molar-refractivity contribution in [3.63, 3.8) is 0 Å². The van der Waals surface area contributed by atoms with E-state index < -0.39 is 0 Å². The molecule has 0 N–H and O–H groups in total. The van der Waals surface area contributed by atoms with E-state index in [2.05, 4.69) is 39.4 Å². The number of rotatable bonds is 11. The van der Waals surface area contributed by atoms with Gasteiger partial charge in [0, 0.05) is 12.1 Å². The van der Waals surface area contributed by atoms with Crippen LogP contribution in [0.1, 0.15) is 37.1 Å². The first-order valence-electron chi connectivity index (χ1n) is 11.3. The Kier molecular flexibility index (Phi) is 8.42. The minimum absolute atomic E-state index is 0.565. The molecule has 0 atom stereocenters. The molecule has 3 aromatic rings. The summed E-state index contributed by atoms with van der Waals surface area (Å²) in [5.41, 5.74) is 2.28. The van der Waals surface area contributed by atoms with Crippen LogP contribution in [0.2, 0.25) is 0 Å². The van der Waals surface area contributed by atoms with Crippen molar-refractivity contribution in [3.05, 3.63) is 66.1 Å². The molecule has 31 heavy (non-hydrogen) atoms. The van der Waals surface area contributed by atoms with Crippen LogP contribution in [-0.2, 0) is 12.2 Å². The third-order valence-corrected chi connectivity index (χ3v) is 6.45. The van der Waals surface area contributed by atoms with E-state index in [1.54, 1.807) is 0 Å². The molecular formula is C25H31N3O2S. The first-order valence-corrected chi connectivity index (χ1v) is 12.4. The molecule has 0 amide bonds. The van der Waals surface area contributed by atoms with Crippen molar-refractivity contribution in [3.8, 4) is 17.2 Å². The van der Waals surface area contributed by atoms with E-state index in [9.17, 15) is 0 Å². The Morgan fingerprint density at radius 2 is 1.74 bits per heavy atom. The third-order valence-electron chi connectivity index (χ3n) is 5.51. The standard InChI is InChI=1S/C25H31N3O2S/c1-3-8-21(9-4-1)14-19-31-20-24-26-27-25(30-24)22-10-12-23(13-11-22)29-18-7-17-28-15-5-2-6-16-28/h1,3-4,8-13H,2,5-7,14-20H2. The maximum absolute atomic E-state index is 5.90. The fourth-order valence-corrected chi connectivity index (χ4v) is 4.59. The fraction of sp³-hybridized carbons (Fsp3) is 0.440. The van der Waals surface area contributed by atoms with Crippen LogP contribution in [0.15, 0.2) is 59.0 Å². The van der Waals surface area contributed by atoms with Gasteiger partial charge in [0.25, 0.3) is 0 Å². The van der Waals surface area contributed by atoms with Crippen molar-refractivity contribution in [2.45, 2.75) is 37.9 Å². The highest BCUT2D eigenvalue weighted by Gasteiger charge is 2.10. The molecule has 0 saturated carbocycles. The number of thioether (sulfide) groups is 1. The maximum Gasteiger partial charge on any atom is 0.247 e. The Morgan fingerprint density at radius 1 is 0.935 bits per heavy atom. The van der Waals surface area contributed by atoms with Crippen molar-refractivity contribution >= 4 is 11.8 Å². The Morgan fingerprint density at radius 3 is 2.55 bits per heavy atom. The second-order valence-corrected chi connectivity index (χ2v) is 9.02. The van der Waals surface area contributed by atoms with Crippen LogP contribution in [0.5, 0.6) is 5.75 Å². The smallest absolute Gasteiger partial charge is 0.247 e. The van der Waals surface area contributed by atoms with Crippen molar-refractivity contribution in [2.24, 2.45) is 0 Å². The maximum atomic E-state index is 5.90. The molecule has 2 aromatic carbocycles. The van der Waals surface area contributed by atoms with E-state index in [1.165, 1.54) is 37.9 Å². The van der Waals surface area contributed by atoms with E-state index in [-0.39, 0.29) is 0 Å². The molecule has 1 aliphatic rings. The number of hydrogen-bond acceptors (Lipinski definition) is 6. The Hall–Kier alpha value is -2.31. The molecule has 0 radical (unpaired) electrons. The van der Waals surface area contributed by atoms with Gasteiger partial charge in [-0.3, -0.25) is 0 Å². The average Bonchev–Trinajstić information content (AvgIpc) is 3.30. The van der Waals surface area contributed by atoms with Crippen LogP contribution in [0.4, 0.5) is 0 Å². The van der Waals surface area contributed by atoms with Gasteiger partial charge >= 0.3 is 0 Å². The zero-order chi connectivity index (χ0) is 21.1. The fourth-order valence-electron chi connectivity index (χ4n) is 3.78. The van der Waals surface area contributed by atoms with Crippen molar-refractivity contribution in [1.29, 1.82) is 0 Å². The summed E-state index contributed by atoms with van der Waals surface area (Å²) in [5, 5.41) is 8.40.